The van der Waals surface area contributed by atoms with Crippen LogP contribution in [0, 0.1) is 11.7 Å². The van der Waals surface area contributed by atoms with E-state index in [4.69, 9.17) is 4.74 Å². The Bertz CT molecular complexity index is 1270. The Hall–Kier alpha value is -3.54. The maximum absolute atomic E-state index is 14.4. The molecule has 0 bridgehead atoms. The third-order valence-corrected chi connectivity index (χ3v) is 5.86. The molecular formula is C26H26FN3O2. The van der Waals surface area contributed by atoms with Crippen molar-refractivity contribution in [1.82, 2.24) is 9.78 Å². The molecule has 6 heteroatoms. The summed E-state index contributed by atoms with van der Waals surface area (Å²) in [4.78, 5) is 17.3. The number of nitrogens with zero attached hydrogens (tertiary/aromatic N) is 3. The molecule has 4 rings (SSSR count). The van der Waals surface area contributed by atoms with Crippen LogP contribution in [-0.2, 0) is 23.0 Å². The summed E-state index contributed by atoms with van der Waals surface area (Å²) >= 11 is 0. The van der Waals surface area contributed by atoms with E-state index < -0.39 is 5.97 Å². The third-order valence-electron chi connectivity index (χ3n) is 5.86. The molecule has 0 radical (unpaired) electrons. The SMILES string of the molecule is C=Cc1ccc(C2=NC(C(=O)OCC)=C(C)C(Cc3ccc4nn(C)cc4c3)C2)cc1F. The van der Waals surface area contributed by atoms with E-state index in [1.54, 1.807) is 17.7 Å². The maximum Gasteiger partial charge on any atom is 0.356 e. The summed E-state index contributed by atoms with van der Waals surface area (Å²) in [5.74, 6) is -0.765. The minimum Gasteiger partial charge on any atom is -0.461 e. The van der Waals surface area contributed by atoms with Crippen molar-refractivity contribution in [3.05, 3.63) is 83.0 Å². The van der Waals surface area contributed by atoms with Gasteiger partial charge in [-0.15, -0.1) is 0 Å². The van der Waals surface area contributed by atoms with Crippen molar-refractivity contribution in [3.8, 4) is 0 Å². The number of halogens is 1. The van der Waals surface area contributed by atoms with Gasteiger partial charge in [-0.3, -0.25) is 4.68 Å². The first-order valence-corrected chi connectivity index (χ1v) is 10.7. The van der Waals surface area contributed by atoms with Crippen LogP contribution in [0.4, 0.5) is 4.39 Å². The molecule has 164 valence electrons. The van der Waals surface area contributed by atoms with Crippen LogP contribution >= 0.6 is 0 Å². The Morgan fingerprint density at radius 1 is 1.31 bits per heavy atom. The normalized spacial score (nSPS) is 16.2. The molecule has 0 saturated heterocycles. The number of carbonyl (C=O) groups excluding carboxylic acids is 1. The van der Waals surface area contributed by atoms with E-state index in [1.165, 1.54) is 12.1 Å². The van der Waals surface area contributed by atoms with Gasteiger partial charge < -0.3 is 4.74 Å². The number of aromatic nitrogens is 2. The van der Waals surface area contributed by atoms with E-state index in [2.05, 4.69) is 28.8 Å². The van der Waals surface area contributed by atoms with Gasteiger partial charge in [-0.1, -0.05) is 30.9 Å². The van der Waals surface area contributed by atoms with Crippen LogP contribution in [0.1, 0.15) is 37.0 Å². The average molecular weight is 432 g/mol. The van der Waals surface area contributed by atoms with Gasteiger partial charge in [-0.2, -0.15) is 5.10 Å². The molecule has 0 N–H and O–H groups in total. The average Bonchev–Trinajstić information content (AvgIpc) is 3.14. The summed E-state index contributed by atoms with van der Waals surface area (Å²) in [5, 5.41) is 5.50. The minimum absolute atomic E-state index is 0.0400. The fraction of sp³-hybridized carbons (Fsp3) is 0.269. The fourth-order valence-corrected chi connectivity index (χ4v) is 4.14. The van der Waals surface area contributed by atoms with Crippen molar-refractivity contribution in [3.63, 3.8) is 0 Å². The summed E-state index contributed by atoms with van der Waals surface area (Å²) in [6.45, 7) is 7.61. The van der Waals surface area contributed by atoms with E-state index >= 15 is 0 Å². The smallest absolute Gasteiger partial charge is 0.356 e. The van der Waals surface area contributed by atoms with Crippen molar-refractivity contribution in [1.29, 1.82) is 0 Å². The predicted molar refractivity (Wildman–Crippen MR) is 125 cm³/mol. The highest BCUT2D eigenvalue weighted by molar-refractivity contribution is 6.05. The summed E-state index contributed by atoms with van der Waals surface area (Å²) in [5.41, 5.74) is 5.07. The second-order valence-corrected chi connectivity index (χ2v) is 8.05. The molecule has 32 heavy (non-hydrogen) atoms. The van der Waals surface area contributed by atoms with Gasteiger partial charge in [0.1, 0.15) is 11.5 Å². The van der Waals surface area contributed by atoms with E-state index in [1.807, 2.05) is 32.3 Å². The Morgan fingerprint density at radius 3 is 2.84 bits per heavy atom. The molecule has 1 aliphatic rings. The molecule has 5 nitrogen and oxygen atoms in total. The molecule has 0 spiro atoms. The van der Waals surface area contributed by atoms with Gasteiger partial charge in [0, 0.05) is 29.9 Å². The molecule has 0 aliphatic carbocycles. The first-order chi connectivity index (χ1) is 15.4. The standard InChI is InChI=1S/C26H26FN3O2/c1-5-18-8-9-19(13-22(18)27)24-14-20(16(3)25(28-24)26(31)32-6-2)11-17-7-10-23-21(12-17)15-30(4)29-23/h5,7-10,12-13,15,20H,1,6,11,14H2,2-4H3. The first kappa shape index (κ1) is 21.7. The third kappa shape index (κ3) is 4.26. The Labute approximate surface area is 186 Å². The molecule has 2 aromatic carbocycles. The molecule has 1 aliphatic heterocycles. The summed E-state index contributed by atoms with van der Waals surface area (Å²) in [7, 11) is 1.90. The van der Waals surface area contributed by atoms with Crippen LogP contribution in [0.25, 0.3) is 17.0 Å². The second-order valence-electron chi connectivity index (χ2n) is 8.05. The number of hydrogen-bond donors (Lipinski definition) is 0. The number of ether oxygens (including phenoxy) is 1. The number of fused-ring (bicyclic) bond motifs is 1. The van der Waals surface area contributed by atoms with Crippen LogP contribution in [0.15, 0.2) is 65.4 Å². The van der Waals surface area contributed by atoms with Crippen molar-refractivity contribution in [2.45, 2.75) is 26.7 Å². The molecule has 0 fully saturated rings. The monoisotopic (exact) mass is 431 g/mol. The predicted octanol–water partition coefficient (Wildman–Crippen LogP) is 5.24. The topological polar surface area (TPSA) is 56.5 Å². The van der Waals surface area contributed by atoms with Crippen LogP contribution in [-0.4, -0.2) is 28.1 Å². The lowest BCUT2D eigenvalue weighted by atomic mass is 9.83. The highest BCUT2D eigenvalue weighted by Crippen LogP contribution is 2.32. The van der Waals surface area contributed by atoms with Crippen LogP contribution in [0.3, 0.4) is 0 Å². The highest BCUT2D eigenvalue weighted by atomic mass is 19.1. The number of esters is 1. The zero-order valence-corrected chi connectivity index (χ0v) is 18.6. The first-order valence-electron chi connectivity index (χ1n) is 10.7. The van der Waals surface area contributed by atoms with Crippen molar-refractivity contribution < 1.29 is 13.9 Å². The Balaban J connectivity index is 1.71. The molecule has 0 saturated carbocycles. The fourth-order valence-electron chi connectivity index (χ4n) is 4.14. The lowest BCUT2D eigenvalue weighted by molar-refractivity contribution is -0.138. The van der Waals surface area contributed by atoms with Gasteiger partial charge in [-0.25, -0.2) is 14.2 Å². The molecule has 1 aromatic heterocycles. The molecule has 1 atom stereocenters. The number of benzene rings is 2. The van der Waals surface area contributed by atoms with Crippen LogP contribution in [0.5, 0.6) is 0 Å². The summed E-state index contributed by atoms with van der Waals surface area (Å²) in [6.07, 6.45) is 4.80. The van der Waals surface area contributed by atoms with E-state index in [0.29, 0.717) is 29.0 Å². The van der Waals surface area contributed by atoms with Gasteiger partial charge in [0.2, 0.25) is 0 Å². The summed E-state index contributed by atoms with van der Waals surface area (Å²) in [6, 6.07) is 11.2. The van der Waals surface area contributed by atoms with Gasteiger partial charge >= 0.3 is 5.97 Å². The number of aliphatic imine (C=N–C) groups is 1. The molecule has 3 aromatic rings. The quantitative estimate of drug-likeness (QED) is 0.501. The van der Waals surface area contributed by atoms with Crippen LogP contribution in [0.2, 0.25) is 0 Å². The molecular weight excluding hydrogens is 405 g/mol. The number of hydrogen-bond acceptors (Lipinski definition) is 4. The van der Waals surface area contributed by atoms with E-state index in [0.717, 1.165) is 28.5 Å². The lowest BCUT2D eigenvalue weighted by Crippen LogP contribution is -2.23. The lowest BCUT2D eigenvalue weighted by Gasteiger charge is -2.25. The summed E-state index contributed by atoms with van der Waals surface area (Å²) < 4.78 is 21.5. The van der Waals surface area contributed by atoms with Gasteiger partial charge in [0.05, 0.1) is 12.1 Å². The van der Waals surface area contributed by atoms with E-state index in [-0.39, 0.29) is 18.3 Å². The van der Waals surface area contributed by atoms with E-state index in [9.17, 15) is 9.18 Å². The molecule has 2 heterocycles. The number of aryl methyl sites for hydroxylation is 1. The van der Waals surface area contributed by atoms with Crippen molar-refractivity contribution in [2.24, 2.45) is 18.0 Å². The van der Waals surface area contributed by atoms with Gasteiger partial charge in [0.25, 0.3) is 0 Å². The molecule has 1 unspecified atom stereocenters. The zero-order chi connectivity index (χ0) is 22.8. The number of carbonyl (C=O) groups is 1. The van der Waals surface area contributed by atoms with Crippen LogP contribution < -0.4 is 0 Å². The minimum atomic E-state index is -0.446. The van der Waals surface area contributed by atoms with Crippen molar-refractivity contribution in [2.75, 3.05) is 6.61 Å². The van der Waals surface area contributed by atoms with Crippen molar-refractivity contribution >= 4 is 28.7 Å². The zero-order valence-electron chi connectivity index (χ0n) is 18.6. The maximum atomic E-state index is 14.4. The Kier molecular flexibility index (Phi) is 6.04. The molecule has 0 amide bonds. The number of rotatable bonds is 6. The number of allylic oxidation sites excluding steroid dienone is 1. The van der Waals surface area contributed by atoms with Gasteiger partial charge in [0.15, 0.2) is 0 Å². The largest absolute Gasteiger partial charge is 0.461 e. The highest BCUT2D eigenvalue weighted by Gasteiger charge is 2.28. The second kappa shape index (κ2) is 8.91. The Morgan fingerprint density at radius 2 is 2.12 bits per heavy atom. The van der Waals surface area contributed by atoms with Gasteiger partial charge in [-0.05, 0) is 67.5 Å².